The monoisotopic (exact) mass is 267 g/mol. The molecule has 0 fully saturated rings. The Labute approximate surface area is 122 Å². The van der Waals surface area contributed by atoms with E-state index in [2.05, 4.69) is 63.2 Å². The van der Waals surface area contributed by atoms with Crippen LogP contribution in [0.4, 0.5) is 0 Å². The number of rotatable bonds is 5. The molecule has 0 spiro atoms. The Hall–Kier alpha value is -1.58. The molecular formula is C17H22BNO. The van der Waals surface area contributed by atoms with E-state index in [9.17, 15) is 0 Å². The SMILES string of the molecule is Cc1ccc(B(OCCN)c2ccc(C)c(C)c2)cc1. The summed E-state index contributed by atoms with van der Waals surface area (Å²) in [6, 6.07) is 15.0. The van der Waals surface area contributed by atoms with Crippen molar-refractivity contribution in [3.05, 3.63) is 59.2 Å². The highest BCUT2D eigenvalue weighted by atomic mass is 16.4. The quantitative estimate of drug-likeness (QED) is 0.837. The van der Waals surface area contributed by atoms with Crippen LogP contribution in [0.2, 0.25) is 0 Å². The smallest absolute Gasteiger partial charge is 0.361 e. The Kier molecular flexibility index (Phi) is 4.99. The molecule has 0 amide bonds. The van der Waals surface area contributed by atoms with Gasteiger partial charge in [-0.2, -0.15) is 0 Å². The van der Waals surface area contributed by atoms with Crippen LogP contribution in [0, 0.1) is 20.8 Å². The summed E-state index contributed by atoms with van der Waals surface area (Å²) in [5, 5.41) is 0. The molecule has 0 aromatic heterocycles. The van der Waals surface area contributed by atoms with E-state index in [0.717, 1.165) is 0 Å². The second-order valence-corrected chi connectivity index (χ2v) is 5.29. The van der Waals surface area contributed by atoms with Crippen molar-refractivity contribution >= 4 is 17.8 Å². The first-order valence-electron chi connectivity index (χ1n) is 7.07. The summed E-state index contributed by atoms with van der Waals surface area (Å²) < 4.78 is 5.97. The highest BCUT2D eigenvalue weighted by molar-refractivity contribution is 6.80. The molecule has 0 aliphatic carbocycles. The van der Waals surface area contributed by atoms with Crippen molar-refractivity contribution in [3.8, 4) is 0 Å². The summed E-state index contributed by atoms with van der Waals surface area (Å²) in [6.07, 6.45) is 0. The molecule has 2 aromatic carbocycles. The van der Waals surface area contributed by atoms with Crippen LogP contribution in [0.3, 0.4) is 0 Å². The topological polar surface area (TPSA) is 35.2 Å². The summed E-state index contributed by atoms with van der Waals surface area (Å²) in [6.45, 7) is 7.40. The summed E-state index contributed by atoms with van der Waals surface area (Å²) >= 11 is 0. The Balaban J connectivity index is 2.35. The lowest BCUT2D eigenvalue weighted by Crippen LogP contribution is -2.46. The minimum Gasteiger partial charge on any atom is -0.426 e. The number of hydrogen-bond donors (Lipinski definition) is 1. The molecule has 0 radical (unpaired) electrons. The Morgan fingerprint density at radius 3 is 2.15 bits per heavy atom. The molecule has 0 atom stereocenters. The third kappa shape index (κ3) is 3.50. The van der Waals surface area contributed by atoms with Gasteiger partial charge >= 0.3 is 6.92 Å². The molecule has 2 nitrogen and oxygen atoms in total. The van der Waals surface area contributed by atoms with E-state index in [4.69, 9.17) is 10.4 Å². The van der Waals surface area contributed by atoms with Gasteiger partial charge in [0.1, 0.15) is 0 Å². The second-order valence-electron chi connectivity index (χ2n) is 5.29. The molecule has 2 aromatic rings. The van der Waals surface area contributed by atoms with Gasteiger partial charge in [0.2, 0.25) is 0 Å². The van der Waals surface area contributed by atoms with E-state index in [0.29, 0.717) is 13.2 Å². The van der Waals surface area contributed by atoms with Crippen LogP contribution in [-0.4, -0.2) is 20.1 Å². The largest absolute Gasteiger partial charge is 0.426 e. The third-order valence-electron chi connectivity index (χ3n) is 3.62. The van der Waals surface area contributed by atoms with E-state index in [1.807, 2.05) is 0 Å². The highest BCUT2D eigenvalue weighted by Gasteiger charge is 2.21. The maximum Gasteiger partial charge on any atom is 0.361 e. The number of nitrogens with two attached hydrogens (primary N) is 1. The van der Waals surface area contributed by atoms with Gasteiger partial charge in [-0.15, -0.1) is 0 Å². The average molecular weight is 267 g/mol. The van der Waals surface area contributed by atoms with E-state index >= 15 is 0 Å². The first-order valence-corrected chi connectivity index (χ1v) is 7.07. The fraction of sp³-hybridized carbons (Fsp3) is 0.294. The van der Waals surface area contributed by atoms with E-state index in [-0.39, 0.29) is 6.92 Å². The highest BCUT2D eigenvalue weighted by Crippen LogP contribution is 2.05. The zero-order chi connectivity index (χ0) is 14.5. The zero-order valence-electron chi connectivity index (χ0n) is 12.5. The maximum absolute atomic E-state index is 5.97. The van der Waals surface area contributed by atoms with Crippen molar-refractivity contribution in [1.82, 2.24) is 0 Å². The van der Waals surface area contributed by atoms with Crippen LogP contribution < -0.4 is 16.7 Å². The van der Waals surface area contributed by atoms with Crippen LogP contribution in [0.1, 0.15) is 16.7 Å². The molecule has 0 unspecified atom stereocenters. The van der Waals surface area contributed by atoms with Gasteiger partial charge in [0.05, 0.1) is 0 Å². The van der Waals surface area contributed by atoms with Crippen LogP contribution in [0.15, 0.2) is 42.5 Å². The van der Waals surface area contributed by atoms with Crippen molar-refractivity contribution < 1.29 is 4.65 Å². The predicted octanol–water partition coefficient (Wildman–Crippen LogP) is 1.69. The van der Waals surface area contributed by atoms with Gasteiger partial charge in [-0.25, -0.2) is 0 Å². The second kappa shape index (κ2) is 6.73. The van der Waals surface area contributed by atoms with Crippen molar-refractivity contribution in [2.45, 2.75) is 20.8 Å². The lowest BCUT2D eigenvalue weighted by atomic mass is 9.55. The van der Waals surface area contributed by atoms with Gasteiger partial charge in [0.15, 0.2) is 0 Å². The minimum atomic E-state index is -0.0431. The molecule has 3 heteroatoms. The molecule has 20 heavy (non-hydrogen) atoms. The molecule has 2 N–H and O–H groups in total. The summed E-state index contributed by atoms with van der Waals surface area (Å²) in [5.74, 6) is 0. The van der Waals surface area contributed by atoms with Gasteiger partial charge in [0, 0.05) is 13.2 Å². The van der Waals surface area contributed by atoms with Crippen LogP contribution in [0.5, 0.6) is 0 Å². The van der Waals surface area contributed by atoms with E-state index in [1.165, 1.54) is 27.6 Å². The zero-order valence-corrected chi connectivity index (χ0v) is 12.5. The van der Waals surface area contributed by atoms with Crippen LogP contribution >= 0.6 is 0 Å². The fourth-order valence-electron chi connectivity index (χ4n) is 2.24. The molecule has 0 heterocycles. The van der Waals surface area contributed by atoms with Crippen LogP contribution in [0.25, 0.3) is 0 Å². The molecule has 0 saturated heterocycles. The predicted molar refractivity (Wildman–Crippen MR) is 87.1 cm³/mol. The van der Waals surface area contributed by atoms with Gasteiger partial charge < -0.3 is 10.4 Å². The standard InChI is InChI=1S/C17H22BNO/c1-13-4-7-16(8-5-13)18(20-11-10-19)17-9-6-14(2)15(3)12-17/h4-9,12H,10-11,19H2,1-3H3. The molecule has 0 bridgehead atoms. The van der Waals surface area contributed by atoms with Gasteiger partial charge in [-0.05, 0) is 42.8 Å². The molecule has 0 saturated carbocycles. The van der Waals surface area contributed by atoms with E-state index in [1.54, 1.807) is 0 Å². The Morgan fingerprint density at radius 1 is 0.900 bits per heavy atom. The molecular weight excluding hydrogens is 245 g/mol. The minimum absolute atomic E-state index is 0.0431. The first-order chi connectivity index (χ1) is 9.61. The van der Waals surface area contributed by atoms with Gasteiger partial charge in [-0.1, -0.05) is 48.0 Å². The summed E-state index contributed by atoms with van der Waals surface area (Å²) in [5.41, 5.74) is 11.8. The van der Waals surface area contributed by atoms with Crippen molar-refractivity contribution in [1.29, 1.82) is 0 Å². The summed E-state index contributed by atoms with van der Waals surface area (Å²) in [7, 11) is 0. The number of hydrogen-bond acceptors (Lipinski definition) is 2. The molecule has 2 rings (SSSR count). The molecule has 104 valence electrons. The van der Waals surface area contributed by atoms with Crippen molar-refractivity contribution in [2.24, 2.45) is 5.73 Å². The van der Waals surface area contributed by atoms with Crippen LogP contribution in [-0.2, 0) is 4.65 Å². The lowest BCUT2D eigenvalue weighted by molar-refractivity contribution is 0.344. The molecule has 0 aliphatic rings. The fourth-order valence-corrected chi connectivity index (χ4v) is 2.24. The van der Waals surface area contributed by atoms with E-state index < -0.39 is 0 Å². The molecule has 0 aliphatic heterocycles. The third-order valence-corrected chi connectivity index (χ3v) is 3.62. The summed E-state index contributed by atoms with van der Waals surface area (Å²) in [4.78, 5) is 0. The number of aryl methyl sites for hydroxylation is 3. The van der Waals surface area contributed by atoms with Crippen molar-refractivity contribution in [2.75, 3.05) is 13.2 Å². The Bertz CT molecular complexity index is 566. The van der Waals surface area contributed by atoms with Gasteiger partial charge in [-0.3, -0.25) is 0 Å². The van der Waals surface area contributed by atoms with Gasteiger partial charge in [0.25, 0.3) is 0 Å². The first kappa shape index (κ1) is 14.8. The normalized spacial score (nSPS) is 10.6. The van der Waals surface area contributed by atoms with Crippen molar-refractivity contribution in [3.63, 3.8) is 0 Å². The average Bonchev–Trinajstić information content (AvgIpc) is 2.45. The Morgan fingerprint density at radius 2 is 1.55 bits per heavy atom. The number of benzene rings is 2. The lowest BCUT2D eigenvalue weighted by Gasteiger charge is -2.16. The maximum atomic E-state index is 5.97.